The van der Waals surface area contributed by atoms with Crippen LogP contribution in [0.1, 0.15) is 20.9 Å². The van der Waals surface area contributed by atoms with Gasteiger partial charge in [0, 0.05) is 23.5 Å². The van der Waals surface area contributed by atoms with Crippen LogP contribution >= 0.6 is 11.3 Å². The second-order valence-corrected chi connectivity index (χ2v) is 8.36. The lowest BCUT2D eigenvalue weighted by atomic mass is 10.1. The summed E-state index contributed by atoms with van der Waals surface area (Å²) in [6.07, 6.45) is 0. The largest absolute Gasteiger partial charge is 0.493 e. The Balaban J connectivity index is 2.27. The molecule has 1 aromatic heterocycles. The summed E-state index contributed by atoms with van der Waals surface area (Å²) < 4.78 is 16.0. The molecule has 0 spiro atoms. The molecule has 0 radical (unpaired) electrons. The van der Waals surface area contributed by atoms with Crippen molar-refractivity contribution in [3.8, 4) is 17.2 Å². The second-order valence-electron chi connectivity index (χ2n) is 7.15. The van der Waals surface area contributed by atoms with Gasteiger partial charge in [0.05, 0.1) is 27.0 Å². The molecule has 0 aliphatic heterocycles. The van der Waals surface area contributed by atoms with Gasteiger partial charge < -0.3 is 29.3 Å². The number of carbonyl (C=O) groups excluding carboxylic acids is 2. The van der Waals surface area contributed by atoms with Crippen molar-refractivity contribution in [1.29, 1.82) is 0 Å². The maximum absolute atomic E-state index is 13.3. The molecule has 10 heteroatoms. The van der Waals surface area contributed by atoms with Crippen molar-refractivity contribution in [1.82, 2.24) is 14.8 Å². The maximum atomic E-state index is 13.3. The molecule has 0 unspecified atom stereocenters. The zero-order valence-corrected chi connectivity index (χ0v) is 19.9. The normalized spacial score (nSPS) is 10.7. The number of hydrogen-bond acceptors (Lipinski definition) is 8. The van der Waals surface area contributed by atoms with E-state index in [0.717, 1.165) is 10.6 Å². The van der Waals surface area contributed by atoms with E-state index in [-0.39, 0.29) is 18.4 Å². The van der Waals surface area contributed by atoms with Gasteiger partial charge in [-0.15, -0.1) is 11.3 Å². The highest BCUT2D eigenvalue weighted by Gasteiger charge is 2.23. The van der Waals surface area contributed by atoms with Crippen LogP contribution in [0.3, 0.4) is 0 Å². The van der Waals surface area contributed by atoms with Crippen molar-refractivity contribution >= 4 is 28.3 Å². The number of aromatic nitrogens is 1. The Morgan fingerprint density at radius 3 is 2.10 bits per heavy atom. The molecule has 2 amide bonds. The summed E-state index contributed by atoms with van der Waals surface area (Å²) in [7, 11) is 8.28. The first-order valence-corrected chi connectivity index (χ1v) is 10.5. The van der Waals surface area contributed by atoms with Gasteiger partial charge in [-0.3, -0.25) is 9.59 Å². The quantitative estimate of drug-likeness (QED) is 0.594. The Labute approximate surface area is 186 Å². The maximum Gasteiger partial charge on any atom is 0.254 e. The minimum absolute atomic E-state index is 0.110. The molecule has 0 saturated heterocycles. The highest BCUT2D eigenvalue weighted by atomic mass is 32.1. The van der Waals surface area contributed by atoms with Crippen LogP contribution in [0.2, 0.25) is 0 Å². The summed E-state index contributed by atoms with van der Waals surface area (Å²) >= 11 is 1.41. The van der Waals surface area contributed by atoms with Crippen molar-refractivity contribution in [3.63, 3.8) is 0 Å². The van der Waals surface area contributed by atoms with Gasteiger partial charge in [0.15, 0.2) is 16.6 Å². The van der Waals surface area contributed by atoms with E-state index in [1.807, 2.05) is 32.8 Å². The number of benzene rings is 1. The summed E-state index contributed by atoms with van der Waals surface area (Å²) in [5.74, 6) is 0.511. The Hall–Kier alpha value is -2.85. The minimum atomic E-state index is -0.317. The summed E-state index contributed by atoms with van der Waals surface area (Å²) in [5.41, 5.74) is 1.21. The van der Waals surface area contributed by atoms with Crippen molar-refractivity contribution in [2.75, 3.05) is 60.4 Å². The number of thiazole rings is 1. The lowest BCUT2D eigenvalue weighted by Crippen LogP contribution is -2.41. The average Bonchev–Trinajstić information content (AvgIpc) is 3.05. The van der Waals surface area contributed by atoms with Crippen LogP contribution in [0.4, 0.5) is 5.13 Å². The van der Waals surface area contributed by atoms with Crippen LogP contribution in [-0.4, -0.2) is 81.7 Å². The van der Waals surface area contributed by atoms with Gasteiger partial charge in [-0.25, -0.2) is 4.98 Å². The summed E-state index contributed by atoms with van der Waals surface area (Å²) in [6, 6.07) is 3.16. The van der Waals surface area contributed by atoms with E-state index in [1.54, 1.807) is 12.1 Å². The molecule has 31 heavy (non-hydrogen) atoms. The zero-order chi connectivity index (χ0) is 23.1. The molecule has 170 valence electrons. The molecule has 0 saturated carbocycles. The van der Waals surface area contributed by atoms with Crippen LogP contribution in [0.15, 0.2) is 12.1 Å². The number of methoxy groups -OCH3 is 3. The predicted molar refractivity (Wildman–Crippen MR) is 121 cm³/mol. The van der Waals surface area contributed by atoms with Crippen molar-refractivity contribution in [2.24, 2.45) is 0 Å². The number of nitrogens with one attached hydrogen (secondary N) is 1. The van der Waals surface area contributed by atoms with E-state index >= 15 is 0 Å². The lowest BCUT2D eigenvalue weighted by Gasteiger charge is -2.24. The smallest absolute Gasteiger partial charge is 0.254 e. The molecule has 2 rings (SSSR count). The standard InChI is InChI=1S/C21H30N4O5S/c1-13-14(2)31-21(22-13)23-18(26)12-25(9-8-24(3)4)20(27)15-10-16(28-5)19(30-7)17(11-15)29-6/h10-11H,8-9,12H2,1-7H3,(H,22,23,26). The Morgan fingerprint density at radius 1 is 1.03 bits per heavy atom. The highest BCUT2D eigenvalue weighted by Crippen LogP contribution is 2.38. The molecule has 1 aromatic carbocycles. The fourth-order valence-electron chi connectivity index (χ4n) is 2.82. The fourth-order valence-corrected chi connectivity index (χ4v) is 3.65. The Bertz CT molecular complexity index is 884. The van der Waals surface area contributed by atoms with E-state index in [1.165, 1.54) is 37.6 Å². The third kappa shape index (κ3) is 6.31. The monoisotopic (exact) mass is 450 g/mol. The number of likely N-dealkylation sites (N-methyl/N-ethyl adjacent to an activating group) is 1. The number of amides is 2. The van der Waals surface area contributed by atoms with Gasteiger partial charge in [0.1, 0.15) is 6.54 Å². The SMILES string of the molecule is COc1cc(C(=O)N(CCN(C)C)CC(=O)Nc2nc(C)c(C)s2)cc(OC)c1OC. The first-order valence-electron chi connectivity index (χ1n) is 9.68. The Morgan fingerprint density at radius 2 is 1.65 bits per heavy atom. The number of carbonyl (C=O) groups is 2. The predicted octanol–water partition coefficient (Wildman–Crippen LogP) is 2.43. The molecule has 0 aliphatic carbocycles. The summed E-state index contributed by atoms with van der Waals surface area (Å²) in [5, 5.41) is 3.30. The first-order chi connectivity index (χ1) is 14.7. The number of anilines is 1. The number of hydrogen-bond donors (Lipinski definition) is 1. The molecule has 0 atom stereocenters. The van der Waals surface area contributed by atoms with Crippen LogP contribution in [0.5, 0.6) is 17.2 Å². The Kier molecular flexibility index (Phi) is 8.64. The van der Waals surface area contributed by atoms with Gasteiger partial charge in [0.2, 0.25) is 11.7 Å². The molecule has 9 nitrogen and oxygen atoms in total. The van der Waals surface area contributed by atoms with Crippen LogP contribution in [0, 0.1) is 13.8 Å². The second kappa shape index (κ2) is 11.0. The highest BCUT2D eigenvalue weighted by molar-refractivity contribution is 7.15. The molecular formula is C21H30N4O5S. The molecule has 0 aliphatic rings. The molecule has 0 bridgehead atoms. The summed E-state index contributed by atoms with van der Waals surface area (Å²) in [4.78, 5) is 34.7. The lowest BCUT2D eigenvalue weighted by molar-refractivity contribution is -0.116. The summed E-state index contributed by atoms with van der Waals surface area (Å²) in [6.45, 7) is 4.69. The number of rotatable bonds is 10. The number of ether oxygens (including phenoxy) is 3. The van der Waals surface area contributed by atoms with Crippen molar-refractivity contribution in [3.05, 3.63) is 28.3 Å². The van der Waals surface area contributed by atoms with E-state index in [9.17, 15) is 9.59 Å². The topological polar surface area (TPSA) is 93.2 Å². The third-order valence-electron chi connectivity index (χ3n) is 4.63. The van der Waals surface area contributed by atoms with Crippen molar-refractivity contribution in [2.45, 2.75) is 13.8 Å². The molecule has 1 N–H and O–H groups in total. The minimum Gasteiger partial charge on any atom is -0.493 e. The number of nitrogens with zero attached hydrogens (tertiary/aromatic N) is 3. The van der Waals surface area contributed by atoms with Crippen LogP contribution < -0.4 is 19.5 Å². The van der Waals surface area contributed by atoms with Gasteiger partial charge in [-0.1, -0.05) is 0 Å². The molecular weight excluding hydrogens is 420 g/mol. The zero-order valence-electron chi connectivity index (χ0n) is 19.1. The number of aryl methyl sites for hydroxylation is 2. The molecule has 1 heterocycles. The van der Waals surface area contributed by atoms with Crippen molar-refractivity contribution < 1.29 is 23.8 Å². The first kappa shape index (κ1) is 24.4. The van der Waals surface area contributed by atoms with Gasteiger partial charge in [-0.2, -0.15) is 0 Å². The van der Waals surface area contributed by atoms with Gasteiger partial charge >= 0.3 is 0 Å². The third-order valence-corrected chi connectivity index (χ3v) is 5.61. The van der Waals surface area contributed by atoms with E-state index < -0.39 is 0 Å². The van der Waals surface area contributed by atoms with Gasteiger partial charge in [0.25, 0.3) is 5.91 Å². The van der Waals surface area contributed by atoms with E-state index in [4.69, 9.17) is 14.2 Å². The van der Waals surface area contributed by atoms with Gasteiger partial charge in [-0.05, 0) is 40.1 Å². The average molecular weight is 451 g/mol. The van der Waals surface area contributed by atoms with Crippen LogP contribution in [0.25, 0.3) is 0 Å². The fraction of sp³-hybridized carbons (Fsp3) is 0.476. The van der Waals surface area contributed by atoms with E-state index in [0.29, 0.717) is 41.0 Å². The van der Waals surface area contributed by atoms with E-state index in [2.05, 4.69) is 10.3 Å². The molecule has 0 fully saturated rings. The molecule has 2 aromatic rings. The van der Waals surface area contributed by atoms with Crippen LogP contribution in [-0.2, 0) is 4.79 Å².